The maximum atomic E-state index is 11.2. The number of nitrogen functional groups attached to an aromatic ring is 1. The van der Waals surface area contributed by atoms with Gasteiger partial charge in [-0.15, -0.1) is 0 Å². The first-order valence-electron chi connectivity index (χ1n) is 4.26. The van der Waals surface area contributed by atoms with Crippen molar-refractivity contribution in [3.05, 3.63) is 36.5 Å². The third-order valence-electron chi connectivity index (χ3n) is 1.55. The molecule has 0 aliphatic rings. The Hall–Kier alpha value is -1.97. The number of carbonyl (C=O) groups excluding carboxylic acids is 1. The Morgan fingerprint density at radius 1 is 1.36 bits per heavy atom. The summed E-state index contributed by atoms with van der Waals surface area (Å²) in [6.07, 6.45) is 3.30. The topological polar surface area (TPSA) is 67.2 Å². The number of nitrogens with one attached hydrogen (secondary N) is 2. The molecule has 14 heavy (non-hydrogen) atoms. The minimum atomic E-state index is -0.270. The Balaban J connectivity index is 2.52. The highest BCUT2D eigenvalue weighted by atomic mass is 16.2. The molecular weight excluding hydrogens is 178 g/mol. The number of nitrogens with two attached hydrogens (primary N) is 1. The van der Waals surface area contributed by atoms with Crippen LogP contribution in [0.2, 0.25) is 0 Å². The zero-order valence-corrected chi connectivity index (χ0v) is 7.95. The molecule has 0 fully saturated rings. The van der Waals surface area contributed by atoms with Crippen LogP contribution in [0.25, 0.3) is 0 Å². The van der Waals surface area contributed by atoms with Gasteiger partial charge in [0.25, 0.3) is 0 Å². The van der Waals surface area contributed by atoms with Gasteiger partial charge in [-0.25, -0.2) is 4.79 Å². The largest absolute Gasteiger partial charge is 0.399 e. The number of urea groups is 1. The van der Waals surface area contributed by atoms with E-state index in [1.165, 1.54) is 0 Å². The summed E-state index contributed by atoms with van der Waals surface area (Å²) in [5.74, 6) is 0. The van der Waals surface area contributed by atoms with Crippen LogP contribution in [-0.4, -0.2) is 6.03 Å². The minimum absolute atomic E-state index is 0.270. The molecule has 0 bridgehead atoms. The first kappa shape index (κ1) is 10.1. The van der Waals surface area contributed by atoms with Crippen LogP contribution in [0.4, 0.5) is 16.2 Å². The lowest BCUT2D eigenvalue weighted by Gasteiger charge is -2.04. The van der Waals surface area contributed by atoms with Crippen LogP contribution in [0.15, 0.2) is 36.5 Å². The van der Waals surface area contributed by atoms with Gasteiger partial charge in [0.1, 0.15) is 0 Å². The molecule has 4 heteroatoms. The number of anilines is 2. The number of rotatable bonds is 2. The molecule has 0 atom stereocenters. The van der Waals surface area contributed by atoms with Crippen LogP contribution < -0.4 is 16.4 Å². The second-order valence-corrected chi connectivity index (χ2v) is 2.72. The maximum Gasteiger partial charge on any atom is 0.323 e. The van der Waals surface area contributed by atoms with Crippen molar-refractivity contribution in [2.75, 3.05) is 11.1 Å². The first-order chi connectivity index (χ1) is 6.72. The van der Waals surface area contributed by atoms with Gasteiger partial charge >= 0.3 is 6.03 Å². The van der Waals surface area contributed by atoms with Gasteiger partial charge in [0.05, 0.1) is 0 Å². The van der Waals surface area contributed by atoms with Gasteiger partial charge in [-0.1, -0.05) is 6.08 Å². The maximum absolute atomic E-state index is 11.2. The monoisotopic (exact) mass is 191 g/mol. The van der Waals surface area contributed by atoms with Crippen LogP contribution >= 0.6 is 0 Å². The van der Waals surface area contributed by atoms with E-state index in [1.807, 2.05) is 6.92 Å². The molecule has 0 unspecified atom stereocenters. The van der Waals surface area contributed by atoms with Crippen molar-refractivity contribution < 1.29 is 4.79 Å². The van der Waals surface area contributed by atoms with E-state index in [2.05, 4.69) is 10.6 Å². The van der Waals surface area contributed by atoms with Gasteiger partial charge in [-0.2, -0.15) is 0 Å². The van der Waals surface area contributed by atoms with E-state index in [-0.39, 0.29) is 6.03 Å². The SMILES string of the molecule is C/C=C/NC(=O)Nc1ccc(N)cc1. The van der Waals surface area contributed by atoms with E-state index in [0.717, 1.165) is 0 Å². The summed E-state index contributed by atoms with van der Waals surface area (Å²) >= 11 is 0. The highest BCUT2D eigenvalue weighted by molar-refractivity contribution is 5.89. The van der Waals surface area contributed by atoms with Crippen LogP contribution in [0, 0.1) is 0 Å². The summed E-state index contributed by atoms with van der Waals surface area (Å²) in [6, 6.07) is 6.67. The summed E-state index contributed by atoms with van der Waals surface area (Å²) in [5, 5.41) is 5.18. The van der Waals surface area contributed by atoms with Crippen LogP contribution in [0.1, 0.15) is 6.92 Å². The van der Waals surface area contributed by atoms with Gasteiger partial charge in [0, 0.05) is 17.6 Å². The summed E-state index contributed by atoms with van der Waals surface area (Å²) in [4.78, 5) is 11.2. The predicted octanol–water partition coefficient (Wildman–Crippen LogP) is 1.92. The average Bonchev–Trinajstić information content (AvgIpc) is 2.18. The van der Waals surface area contributed by atoms with Gasteiger partial charge in [-0.05, 0) is 31.2 Å². The second-order valence-electron chi connectivity index (χ2n) is 2.72. The quantitative estimate of drug-likeness (QED) is 0.625. The molecule has 4 N–H and O–H groups in total. The molecule has 0 aromatic heterocycles. The molecule has 1 aromatic rings. The minimum Gasteiger partial charge on any atom is -0.399 e. The first-order valence-corrected chi connectivity index (χ1v) is 4.26. The van der Waals surface area contributed by atoms with Crippen LogP contribution in [-0.2, 0) is 0 Å². The second kappa shape index (κ2) is 4.91. The van der Waals surface area contributed by atoms with E-state index < -0.39 is 0 Å². The average molecular weight is 191 g/mol. The van der Waals surface area contributed by atoms with Crippen molar-refractivity contribution in [1.29, 1.82) is 0 Å². The Labute approximate surface area is 82.8 Å². The van der Waals surface area contributed by atoms with Crippen LogP contribution in [0.3, 0.4) is 0 Å². The van der Waals surface area contributed by atoms with Gasteiger partial charge in [0.15, 0.2) is 0 Å². The Morgan fingerprint density at radius 3 is 2.57 bits per heavy atom. The smallest absolute Gasteiger partial charge is 0.323 e. The number of hydrogen-bond acceptors (Lipinski definition) is 2. The van der Waals surface area contributed by atoms with E-state index in [0.29, 0.717) is 11.4 Å². The van der Waals surface area contributed by atoms with E-state index in [9.17, 15) is 4.79 Å². The number of hydrogen-bond donors (Lipinski definition) is 3. The lowest BCUT2D eigenvalue weighted by atomic mass is 10.3. The number of carbonyl (C=O) groups is 1. The summed E-state index contributed by atoms with van der Waals surface area (Å²) in [6.45, 7) is 1.82. The van der Waals surface area contributed by atoms with Gasteiger partial charge in [0.2, 0.25) is 0 Å². The molecule has 0 spiro atoms. The van der Waals surface area contributed by atoms with Crippen molar-refractivity contribution in [2.45, 2.75) is 6.92 Å². The fourth-order valence-corrected chi connectivity index (χ4v) is 0.893. The number of amides is 2. The number of benzene rings is 1. The molecule has 0 aliphatic heterocycles. The zero-order valence-electron chi connectivity index (χ0n) is 7.95. The van der Waals surface area contributed by atoms with Crippen molar-refractivity contribution >= 4 is 17.4 Å². The van der Waals surface area contributed by atoms with Crippen molar-refractivity contribution in [3.8, 4) is 0 Å². The third-order valence-corrected chi connectivity index (χ3v) is 1.55. The molecule has 0 aliphatic carbocycles. The molecule has 1 rings (SSSR count). The summed E-state index contributed by atoms with van der Waals surface area (Å²) in [5.41, 5.74) is 6.88. The molecule has 1 aromatic carbocycles. The standard InChI is InChI=1S/C10H13N3O/c1-2-7-12-10(14)13-9-5-3-8(11)4-6-9/h2-7H,11H2,1H3,(H2,12,13,14)/b7-2+. The lowest BCUT2D eigenvalue weighted by Crippen LogP contribution is -2.23. The molecule has 4 nitrogen and oxygen atoms in total. The van der Waals surface area contributed by atoms with Crippen molar-refractivity contribution in [3.63, 3.8) is 0 Å². The fraction of sp³-hybridized carbons (Fsp3) is 0.100. The Bertz CT molecular complexity index is 330. The molecular formula is C10H13N3O. The van der Waals surface area contributed by atoms with E-state index in [4.69, 9.17) is 5.73 Å². The Kier molecular flexibility index (Phi) is 3.55. The zero-order chi connectivity index (χ0) is 10.4. The molecule has 0 saturated heterocycles. The highest BCUT2D eigenvalue weighted by Crippen LogP contribution is 2.09. The lowest BCUT2D eigenvalue weighted by molar-refractivity contribution is 0.255. The normalized spacial score (nSPS) is 10.1. The molecule has 74 valence electrons. The molecule has 0 saturated carbocycles. The van der Waals surface area contributed by atoms with Gasteiger partial charge < -0.3 is 16.4 Å². The molecule has 0 heterocycles. The van der Waals surface area contributed by atoms with E-state index >= 15 is 0 Å². The summed E-state index contributed by atoms with van der Waals surface area (Å²) in [7, 11) is 0. The van der Waals surface area contributed by atoms with Crippen molar-refractivity contribution in [1.82, 2.24) is 5.32 Å². The van der Waals surface area contributed by atoms with E-state index in [1.54, 1.807) is 36.5 Å². The molecule has 0 radical (unpaired) electrons. The highest BCUT2D eigenvalue weighted by Gasteiger charge is 1.97. The summed E-state index contributed by atoms with van der Waals surface area (Å²) < 4.78 is 0. The third kappa shape index (κ3) is 3.18. The Morgan fingerprint density at radius 2 is 2.00 bits per heavy atom. The molecule has 2 amide bonds. The fourth-order valence-electron chi connectivity index (χ4n) is 0.893. The number of allylic oxidation sites excluding steroid dienone is 1. The van der Waals surface area contributed by atoms with Gasteiger partial charge in [-0.3, -0.25) is 0 Å². The van der Waals surface area contributed by atoms with Crippen LogP contribution in [0.5, 0.6) is 0 Å². The van der Waals surface area contributed by atoms with Crippen molar-refractivity contribution in [2.24, 2.45) is 0 Å². The predicted molar refractivity (Wildman–Crippen MR) is 57.8 cm³/mol.